The molecule has 1 aliphatic rings. The van der Waals surface area contributed by atoms with Crippen molar-refractivity contribution < 1.29 is 23.9 Å². The molecule has 0 bridgehead atoms. The van der Waals surface area contributed by atoms with Crippen molar-refractivity contribution in [2.45, 2.75) is 59.1 Å². The molecule has 2 aromatic carbocycles. The zero-order chi connectivity index (χ0) is 30.1. The standard InChI is InChI=1S/C31H34N4O6/c1-18-7-9-20(10-8-18)29(39)22-12-11-21(32-30(40)41-31(3,4)5)15-24(22)25-17-34(6)28(38)16-23(25)19(2)33-35-26(36)13-14-27(35)37/h7-12,15-17,19,33H,13-14H2,1-6H3,(H,32,40)/t19-/m0/s1. The molecular formula is C31H34N4O6. The molecule has 1 aromatic heterocycles. The molecule has 1 fully saturated rings. The largest absolute Gasteiger partial charge is 0.444 e. The zero-order valence-electron chi connectivity index (χ0n) is 24.0. The third kappa shape index (κ3) is 6.78. The number of amides is 3. The van der Waals surface area contributed by atoms with Crippen LogP contribution >= 0.6 is 0 Å². The van der Waals surface area contributed by atoms with E-state index in [-0.39, 0.29) is 36.0 Å². The van der Waals surface area contributed by atoms with E-state index in [0.717, 1.165) is 10.6 Å². The maximum atomic E-state index is 13.8. The number of hydrogen-bond acceptors (Lipinski definition) is 7. The lowest BCUT2D eigenvalue weighted by molar-refractivity contribution is -0.142. The molecule has 3 aromatic rings. The normalized spacial score (nSPS) is 14.2. The van der Waals surface area contributed by atoms with E-state index in [1.54, 1.807) is 71.3 Å². The van der Waals surface area contributed by atoms with Crippen molar-refractivity contribution in [2.75, 3.05) is 5.32 Å². The smallest absolute Gasteiger partial charge is 0.412 e. The number of aryl methyl sites for hydroxylation is 2. The summed E-state index contributed by atoms with van der Waals surface area (Å²) in [6, 6.07) is 12.8. The third-order valence-electron chi connectivity index (χ3n) is 6.61. The fourth-order valence-electron chi connectivity index (χ4n) is 4.54. The van der Waals surface area contributed by atoms with Crippen LogP contribution in [0.4, 0.5) is 10.5 Å². The van der Waals surface area contributed by atoms with E-state index in [1.807, 2.05) is 19.1 Å². The van der Waals surface area contributed by atoms with Crippen molar-refractivity contribution in [2.24, 2.45) is 7.05 Å². The number of imide groups is 1. The highest BCUT2D eigenvalue weighted by molar-refractivity contribution is 6.13. The fourth-order valence-corrected chi connectivity index (χ4v) is 4.54. The fraction of sp³-hybridized carbons (Fsp3) is 0.323. The Kier molecular flexibility index (Phi) is 8.25. The van der Waals surface area contributed by atoms with Crippen LogP contribution in [0.1, 0.15) is 73.6 Å². The molecule has 1 atom stereocenters. The number of anilines is 1. The van der Waals surface area contributed by atoms with Gasteiger partial charge >= 0.3 is 6.09 Å². The Morgan fingerprint density at radius 2 is 1.56 bits per heavy atom. The first-order valence-corrected chi connectivity index (χ1v) is 13.3. The molecular weight excluding hydrogens is 524 g/mol. The topological polar surface area (TPSA) is 127 Å². The maximum absolute atomic E-state index is 13.8. The lowest BCUT2D eigenvalue weighted by atomic mass is 9.90. The Bertz CT molecular complexity index is 1570. The number of ketones is 1. The molecule has 10 heteroatoms. The summed E-state index contributed by atoms with van der Waals surface area (Å²) in [6.45, 7) is 8.91. The molecule has 1 saturated heterocycles. The van der Waals surface area contributed by atoms with Gasteiger partial charge in [-0.3, -0.25) is 24.5 Å². The Labute approximate surface area is 238 Å². The summed E-state index contributed by atoms with van der Waals surface area (Å²) < 4.78 is 6.78. The molecule has 3 amide bonds. The molecule has 1 aliphatic heterocycles. The van der Waals surface area contributed by atoms with Crippen LogP contribution in [0.2, 0.25) is 0 Å². The quantitative estimate of drug-likeness (QED) is 0.319. The molecule has 0 radical (unpaired) electrons. The first-order chi connectivity index (χ1) is 19.2. The highest BCUT2D eigenvalue weighted by Gasteiger charge is 2.31. The number of hydrogen-bond donors (Lipinski definition) is 2. The van der Waals surface area contributed by atoms with Gasteiger partial charge in [0.25, 0.3) is 5.56 Å². The minimum absolute atomic E-state index is 0.107. The number of rotatable bonds is 7. The predicted molar refractivity (Wildman–Crippen MR) is 154 cm³/mol. The van der Waals surface area contributed by atoms with Crippen molar-refractivity contribution in [3.8, 4) is 11.1 Å². The van der Waals surface area contributed by atoms with Gasteiger partial charge < -0.3 is 9.30 Å². The van der Waals surface area contributed by atoms with Gasteiger partial charge in [0, 0.05) is 60.6 Å². The van der Waals surface area contributed by atoms with Crippen molar-refractivity contribution in [1.82, 2.24) is 15.0 Å². The van der Waals surface area contributed by atoms with Crippen LogP contribution < -0.4 is 16.3 Å². The minimum atomic E-state index is -0.718. The van der Waals surface area contributed by atoms with Crippen LogP contribution in [0.25, 0.3) is 11.1 Å². The Morgan fingerprint density at radius 1 is 0.927 bits per heavy atom. The van der Waals surface area contributed by atoms with Crippen molar-refractivity contribution >= 4 is 29.4 Å². The van der Waals surface area contributed by atoms with E-state index in [4.69, 9.17) is 4.74 Å². The van der Waals surface area contributed by atoms with E-state index in [2.05, 4.69) is 10.7 Å². The lowest BCUT2D eigenvalue weighted by Gasteiger charge is -2.24. The number of hydrazine groups is 1. The number of aromatic nitrogens is 1. The van der Waals surface area contributed by atoms with Crippen LogP contribution in [-0.4, -0.2) is 38.9 Å². The van der Waals surface area contributed by atoms with Crippen LogP contribution in [-0.2, 0) is 21.4 Å². The van der Waals surface area contributed by atoms with Gasteiger partial charge in [-0.2, -0.15) is 0 Å². The Balaban J connectivity index is 1.85. The molecule has 2 heterocycles. The summed E-state index contributed by atoms with van der Waals surface area (Å²) in [5.74, 6) is -0.966. The van der Waals surface area contributed by atoms with E-state index in [9.17, 15) is 24.0 Å². The number of nitrogens with one attached hydrogen (secondary N) is 2. The minimum Gasteiger partial charge on any atom is -0.444 e. The number of ether oxygens (including phenoxy) is 1. The van der Waals surface area contributed by atoms with Crippen molar-refractivity contribution in [1.29, 1.82) is 0 Å². The molecule has 0 spiro atoms. The third-order valence-corrected chi connectivity index (χ3v) is 6.61. The van der Waals surface area contributed by atoms with E-state index < -0.39 is 17.7 Å². The van der Waals surface area contributed by atoms with Gasteiger partial charge in [0.2, 0.25) is 11.8 Å². The highest BCUT2D eigenvalue weighted by Crippen LogP contribution is 2.34. The number of carbonyl (C=O) groups is 4. The monoisotopic (exact) mass is 558 g/mol. The predicted octanol–water partition coefficient (Wildman–Crippen LogP) is 4.65. The molecule has 0 unspecified atom stereocenters. The van der Waals surface area contributed by atoms with Gasteiger partial charge in [-0.1, -0.05) is 29.8 Å². The first-order valence-electron chi connectivity index (χ1n) is 13.3. The van der Waals surface area contributed by atoms with Gasteiger partial charge in [0.15, 0.2) is 5.78 Å². The van der Waals surface area contributed by atoms with Crippen molar-refractivity contribution in [3.63, 3.8) is 0 Å². The summed E-state index contributed by atoms with van der Waals surface area (Å²) >= 11 is 0. The van der Waals surface area contributed by atoms with Gasteiger partial charge in [-0.25, -0.2) is 15.2 Å². The Morgan fingerprint density at radius 3 is 2.17 bits per heavy atom. The molecule has 4 rings (SSSR count). The summed E-state index contributed by atoms with van der Waals surface area (Å²) in [6.07, 6.45) is 1.15. The van der Waals surface area contributed by atoms with Crippen LogP contribution in [0.3, 0.4) is 0 Å². The van der Waals surface area contributed by atoms with Crippen molar-refractivity contribution in [3.05, 3.63) is 87.3 Å². The number of pyridine rings is 1. The summed E-state index contributed by atoms with van der Waals surface area (Å²) in [5.41, 5.74) is 5.50. The first kappa shape index (κ1) is 29.4. The maximum Gasteiger partial charge on any atom is 0.412 e. The SMILES string of the molecule is Cc1ccc(C(=O)c2ccc(NC(=O)OC(C)(C)C)cc2-c2cn(C)c(=O)cc2[C@H](C)NN2C(=O)CCC2=O)cc1. The highest BCUT2D eigenvalue weighted by atomic mass is 16.6. The van der Waals surface area contributed by atoms with E-state index in [0.29, 0.717) is 33.5 Å². The summed E-state index contributed by atoms with van der Waals surface area (Å²) in [7, 11) is 1.59. The molecule has 0 aliphatic carbocycles. The summed E-state index contributed by atoms with van der Waals surface area (Å²) in [4.78, 5) is 63.6. The van der Waals surface area contributed by atoms with Gasteiger partial charge in [0.05, 0.1) is 0 Å². The molecule has 2 N–H and O–H groups in total. The second kappa shape index (κ2) is 11.5. The average Bonchev–Trinajstić information content (AvgIpc) is 3.21. The molecule has 41 heavy (non-hydrogen) atoms. The lowest BCUT2D eigenvalue weighted by Crippen LogP contribution is -2.43. The zero-order valence-corrected chi connectivity index (χ0v) is 24.0. The van der Waals surface area contributed by atoms with Crippen LogP contribution in [0.15, 0.2) is 59.5 Å². The van der Waals surface area contributed by atoms with Gasteiger partial charge in [-0.15, -0.1) is 0 Å². The van der Waals surface area contributed by atoms with Crippen LogP contribution in [0, 0.1) is 6.92 Å². The number of carbonyl (C=O) groups excluding carboxylic acids is 4. The number of nitrogens with zero attached hydrogens (tertiary/aromatic N) is 2. The summed E-state index contributed by atoms with van der Waals surface area (Å²) in [5, 5.41) is 3.69. The van der Waals surface area contributed by atoms with E-state index in [1.165, 1.54) is 10.6 Å². The van der Waals surface area contributed by atoms with Crippen LogP contribution in [0.5, 0.6) is 0 Å². The van der Waals surface area contributed by atoms with E-state index >= 15 is 0 Å². The Hall–Kier alpha value is -4.57. The average molecular weight is 559 g/mol. The molecule has 0 saturated carbocycles. The molecule has 214 valence electrons. The second-order valence-corrected chi connectivity index (χ2v) is 11.1. The molecule has 10 nitrogen and oxygen atoms in total. The number of benzene rings is 2. The van der Waals surface area contributed by atoms with Gasteiger partial charge in [0.1, 0.15) is 5.60 Å². The second-order valence-electron chi connectivity index (χ2n) is 11.1. The van der Waals surface area contributed by atoms with Gasteiger partial charge in [-0.05, 0) is 63.9 Å².